The molecule has 0 bridgehead atoms. The van der Waals surface area contributed by atoms with Crippen LogP contribution in [-0.4, -0.2) is 9.97 Å². The molecule has 0 spiro atoms. The van der Waals surface area contributed by atoms with E-state index in [4.69, 9.17) is 15.7 Å². The fourth-order valence-corrected chi connectivity index (χ4v) is 5.04. The van der Waals surface area contributed by atoms with Gasteiger partial charge in [0.25, 0.3) is 0 Å². The molecular formula is C25H20N4S. The monoisotopic (exact) mass is 408 g/mol. The predicted molar refractivity (Wildman–Crippen MR) is 121 cm³/mol. The van der Waals surface area contributed by atoms with Gasteiger partial charge < -0.3 is 5.73 Å². The van der Waals surface area contributed by atoms with Crippen LogP contribution in [0.1, 0.15) is 29.7 Å². The number of nitrogen functional groups attached to an aromatic ring is 1. The van der Waals surface area contributed by atoms with Gasteiger partial charge in [-0.05, 0) is 48.9 Å². The summed E-state index contributed by atoms with van der Waals surface area (Å²) in [5.41, 5.74) is 12.6. The van der Waals surface area contributed by atoms with Crippen molar-refractivity contribution >= 4 is 28.5 Å². The molecule has 1 aliphatic rings. The van der Waals surface area contributed by atoms with Crippen molar-refractivity contribution in [1.29, 1.82) is 5.26 Å². The highest BCUT2D eigenvalue weighted by molar-refractivity contribution is 7.99. The molecule has 0 saturated carbocycles. The topological polar surface area (TPSA) is 75.6 Å². The van der Waals surface area contributed by atoms with Crippen molar-refractivity contribution in [2.24, 2.45) is 0 Å². The van der Waals surface area contributed by atoms with Crippen LogP contribution in [0.2, 0.25) is 0 Å². The molecule has 0 saturated heterocycles. The van der Waals surface area contributed by atoms with Gasteiger partial charge in [0.15, 0.2) is 5.65 Å². The van der Waals surface area contributed by atoms with Gasteiger partial charge in [0.1, 0.15) is 11.1 Å². The Morgan fingerprint density at radius 1 is 0.900 bits per heavy atom. The average molecular weight is 409 g/mol. The van der Waals surface area contributed by atoms with Crippen LogP contribution in [0.5, 0.6) is 0 Å². The Morgan fingerprint density at radius 2 is 1.60 bits per heavy atom. The molecule has 2 N–H and O–H groups in total. The average Bonchev–Trinajstić information content (AvgIpc) is 2.80. The van der Waals surface area contributed by atoms with Crippen LogP contribution in [0.15, 0.2) is 70.6 Å². The Kier molecular flexibility index (Phi) is 4.86. The van der Waals surface area contributed by atoms with Gasteiger partial charge in [-0.15, -0.1) is 0 Å². The molecular weight excluding hydrogens is 388 g/mol. The first-order chi connectivity index (χ1) is 14.8. The number of fused-ring (bicyclic) bond motifs is 2. The van der Waals surface area contributed by atoms with E-state index in [1.807, 2.05) is 60.7 Å². The summed E-state index contributed by atoms with van der Waals surface area (Å²) < 4.78 is 0. The molecule has 0 fully saturated rings. The van der Waals surface area contributed by atoms with E-state index in [1.54, 1.807) is 0 Å². The maximum atomic E-state index is 10.2. The highest BCUT2D eigenvalue weighted by Gasteiger charge is 2.24. The van der Waals surface area contributed by atoms with E-state index >= 15 is 0 Å². The van der Waals surface area contributed by atoms with Gasteiger partial charge in [0.05, 0.1) is 10.9 Å². The number of pyridine rings is 2. The number of nitrogens with zero attached hydrogens (tertiary/aromatic N) is 3. The maximum absolute atomic E-state index is 10.2. The minimum atomic E-state index is 0.548. The second kappa shape index (κ2) is 7.81. The molecule has 146 valence electrons. The summed E-state index contributed by atoms with van der Waals surface area (Å²) in [6.07, 6.45) is 4.10. The highest BCUT2D eigenvalue weighted by atomic mass is 32.2. The predicted octanol–water partition coefficient (Wildman–Crippen LogP) is 5.78. The molecule has 2 aromatic carbocycles. The number of rotatable bonds is 3. The first-order valence-corrected chi connectivity index (χ1v) is 10.9. The van der Waals surface area contributed by atoms with Gasteiger partial charge in [0.2, 0.25) is 0 Å². The Bertz CT molecular complexity index is 1280. The molecule has 4 nitrogen and oxygen atoms in total. The minimum Gasteiger partial charge on any atom is -0.398 e. The third kappa shape index (κ3) is 3.20. The second-order valence-electron chi connectivity index (χ2n) is 7.42. The highest BCUT2D eigenvalue weighted by Crippen LogP contribution is 2.42. The molecule has 0 unspecified atom stereocenters. The summed E-state index contributed by atoms with van der Waals surface area (Å²) in [6.45, 7) is 0. The zero-order chi connectivity index (χ0) is 20.5. The van der Waals surface area contributed by atoms with E-state index < -0.39 is 0 Å². The van der Waals surface area contributed by atoms with Crippen molar-refractivity contribution in [2.75, 3.05) is 5.73 Å². The molecule has 0 amide bonds. The van der Waals surface area contributed by atoms with Crippen molar-refractivity contribution in [2.45, 2.75) is 35.6 Å². The number of hydrogen-bond donors (Lipinski definition) is 1. The van der Waals surface area contributed by atoms with Gasteiger partial charge in [-0.2, -0.15) is 5.26 Å². The first kappa shape index (κ1) is 18.7. The molecule has 1 aliphatic carbocycles. The minimum absolute atomic E-state index is 0.548. The summed E-state index contributed by atoms with van der Waals surface area (Å²) in [6, 6.07) is 22.4. The van der Waals surface area contributed by atoms with Crippen LogP contribution in [0.25, 0.3) is 22.2 Å². The van der Waals surface area contributed by atoms with Gasteiger partial charge in [-0.1, -0.05) is 60.3 Å². The number of aryl methyl sites for hydroxylation is 1. The lowest BCUT2D eigenvalue weighted by molar-refractivity contribution is 0.672. The summed E-state index contributed by atoms with van der Waals surface area (Å²) in [5, 5.41) is 11.6. The van der Waals surface area contributed by atoms with Gasteiger partial charge in [-0.25, -0.2) is 9.97 Å². The molecule has 0 aliphatic heterocycles. The maximum Gasteiger partial charge on any atom is 0.163 e. The van der Waals surface area contributed by atoms with E-state index in [0.717, 1.165) is 64.0 Å². The van der Waals surface area contributed by atoms with Crippen LogP contribution in [0, 0.1) is 11.3 Å². The Balaban J connectivity index is 1.85. The van der Waals surface area contributed by atoms with Crippen molar-refractivity contribution in [3.8, 4) is 17.2 Å². The van der Waals surface area contributed by atoms with E-state index in [1.165, 1.54) is 11.8 Å². The van der Waals surface area contributed by atoms with Crippen molar-refractivity contribution in [3.63, 3.8) is 0 Å². The second-order valence-corrected chi connectivity index (χ2v) is 8.48. The van der Waals surface area contributed by atoms with E-state index in [9.17, 15) is 5.26 Å². The fourth-order valence-electron chi connectivity index (χ4n) is 4.14. The summed E-state index contributed by atoms with van der Waals surface area (Å²) in [5.74, 6) is 0. The van der Waals surface area contributed by atoms with Crippen LogP contribution in [0.4, 0.5) is 5.69 Å². The first-order valence-electron chi connectivity index (χ1n) is 10.1. The van der Waals surface area contributed by atoms with Gasteiger partial charge >= 0.3 is 0 Å². The summed E-state index contributed by atoms with van der Waals surface area (Å²) in [4.78, 5) is 10.8. The van der Waals surface area contributed by atoms with Gasteiger partial charge in [0, 0.05) is 21.8 Å². The largest absolute Gasteiger partial charge is 0.398 e. The lowest BCUT2D eigenvalue weighted by atomic mass is 9.90. The quantitative estimate of drug-likeness (QED) is 0.465. The summed E-state index contributed by atoms with van der Waals surface area (Å²) >= 11 is 1.49. The summed E-state index contributed by atoms with van der Waals surface area (Å²) in [7, 11) is 0. The lowest BCUT2D eigenvalue weighted by Gasteiger charge is -2.21. The van der Waals surface area contributed by atoms with Crippen LogP contribution < -0.4 is 5.73 Å². The zero-order valence-electron chi connectivity index (χ0n) is 16.4. The Hall–Kier alpha value is -3.36. The molecule has 30 heavy (non-hydrogen) atoms. The van der Waals surface area contributed by atoms with Gasteiger partial charge in [-0.3, -0.25) is 0 Å². The molecule has 2 heterocycles. The van der Waals surface area contributed by atoms with Crippen LogP contribution in [0.3, 0.4) is 0 Å². The third-order valence-corrected chi connectivity index (χ3v) is 6.55. The molecule has 0 radical (unpaired) electrons. The fraction of sp³-hybridized carbons (Fsp3) is 0.160. The number of hydrogen-bond acceptors (Lipinski definition) is 5. The number of anilines is 1. The van der Waals surface area contributed by atoms with Crippen LogP contribution >= 0.6 is 11.8 Å². The van der Waals surface area contributed by atoms with E-state index in [0.29, 0.717) is 16.2 Å². The number of aromatic nitrogens is 2. The standard InChI is InChI=1S/C25H20N4S/c26-15-19-21(16-9-3-1-4-10-16)22-23(27)18-13-7-8-14-20(18)28-24(22)29-25(19)30-17-11-5-2-6-12-17/h1-6,9-12H,7-8,13-14H2,(H2,27,28,29). The zero-order valence-corrected chi connectivity index (χ0v) is 17.2. The van der Waals surface area contributed by atoms with E-state index in [-0.39, 0.29) is 0 Å². The van der Waals surface area contributed by atoms with Crippen molar-refractivity contribution in [1.82, 2.24) is 9.97 Å². The Morgan fingerprint density at radius 3 is 2.33 bits per heavy atom. The SMILES string of the molecule is N#Cc1c(Sc2ccccc2)nc2nc3c(c(N)c2c1-c1ccccc1)CCCC3. The molecule has 5 heteroatoms. The normalized spacial score (nSPS) is 13.0. The molecule has 5 rings (SSSR count). The molecule has 4 aromatic rings. The number of nitriles is 1. The smallest absolute Gasteiger partial charge is 0.163 e. The number of benzene rings is 2. The Labute approximate surface area is 179 Å². The van der Waals surface area contributed by atoms with E-state index in [2.05, 4.69) is 6.07 Å². The lowest BCUT2D eigenvalue weighted by Crippen LogP contribution is -2.11. The molecule has 2 aromatic heterocycles. The van der Waals surface area contributed by atoms with Crippen LogP contribution in [-0.2, 0) is 12.8 Å². The molecule has 0 atom stereocenters. The third-order valence-electron chi connectivity index (χ3n) is 5.55. The van der Waals surface area contributed by atoms with Crippen molar-refractivity contribution < 1.29 is 0 Å². The van der Waals surface area contributed by atoms with Crippen molar-refractivity contribution in [3.05, 3.63) is 77.5 Å². The number of nitrogens with two attached hydrogens (primary N) is 1.